The number of amides is 1. The zero-order valence-electron chi connectivity index (χ0n) is 19.6. The second-order valence-corrected chi connectivity index (χ2v) is 8.77. The van der Waals surface area contributed by atoms with Crippen LogP contribution < -0.4 is 19.1 Å². The quantitative estimate of drug-likeness (QED) is 0.334. The highest BCUT2D eigenvalue weighted by Gasteiger charge is 2.36. The Labute approximate surface area is 208 Å². The van der Waals surface area contributed by atoms with E-state index in [2.05, 4.69) is 4.57 Å². The van der Waals surface area contributed by atoms with Gasteiger partial charge in [-0.2, -0.15) is 0 Å². The Hall–Kier alpha value is -3.71. The Morgan fingerprint density at radius 3 is 2.51 bits per heavy atom. The molecule has 2 heterocycles. The number of halogens is 1. The Morgan fingerprint density at radius 1 is 0.971 bits per heavy atom. The molecule has 8 heteroatoms. The summed E-state index contributed by atoms with van der Waals surface area (Å²) in [5, 5.41) is 0.553. The van der Waals surface area contributed by atoms with Crippen LogP contribution in [0.15, 0.2) is 66.7 Å². The molecule has 0 aliphatic carbocycles. The summed E-state index contributed by atoms with van der Waals surface area (Å²) >= 11 is 6.23. The van der Waals surface area contributed by atoms with Crippen LogP contribution in [0.25, 0.3) is 11.0 Å². The highest BCUT2D eigenvalue weighted by atomic mass is 35.5. The molecule has 180 valence electrons. The molecular weight excluding hydrogens is 466 g/mol. The van der Waals surface area contributed by atoms with E-state index in [1.165, 1.54) is 0 Å². The third-order valence-electron chi connectivity index (χ3n) is 6.25. The summed E-state index contributed by atoms with van der Waals surface area (Å²) in [6, 6.07) is 20.9. The van der Waals surface area contributed by atoms with Gasteiger partial charge in [0.15, 0.2) is 11.5 Å². The summed E-state index contributed by atoms with van der Waals surface area (Å²) in [7, 11) is 3.22. The van der Waals surface area contributed by atoms with Crippen molar-refractivity contribution >= 4 is 34.2 Å². The first kappa shape index (κ1) is 23.1. The molecule has 1 amide bonds. The molecule has 1 aliphatic heterocycles. The number of hydrogen-bond donors (Lipinski definition) is 0. The number of ether oxygens (including phenoxy) is 3. The largest absolute Gasteiger partial charge is 0.495 e. The number of fused-ring (bicyclic) bond motifs is 1. The minimum atomic E-state index is -0.0788. The van der Waals surface area contributed by atoms with Gasteiger partial charge in [0, 0.05) is 23.9 Å². The molecule has 1 aromatic heterocycles. The molecule has 4 aromatic rings. The van der Waals surface area contributed by atoms with Crippen LogP contribution in [0.5, 0.6) is 17.2 Å². The van der Waals surface area contributed by atoms with Gasteiger partial charge in [-0.05, 0) is 42.5 Å². The Balaban J connectivity index is 1.42. The highest BCUT2D eigenvalue weighted by molar-refractivity contribution is 6.31. The lowest BCUT2D eigenvalue weighted by Gasteiger charge is -2.20. The highest BCUT2D eigenvalue weighted by Crippen LogP contribution is 2.38. The smallest absolute Gasteiger partial charge is 0.227 e. The molecule has 0 N–H and O–H groups in total. The minimum absolute atomic E-state index is 0.0134. The van der Waals surface area contributed by atoms with E-state index < -0.39 is 0 Å². The molecule has 1 saturated heterocycles. The summed E-state index contributed by atoms with van der Waals surface area (Å²) in [5.41, 5.74) is 2.58. The third-order valence-corrected chi connectivity index (χ3v) is 6.48. The topological polar surface area (TPSA) is 65.8 Å². The van der Waals surface area contributed by atoms with Crippen LogP contribution in [0.2, 0.25) is 5.02 Å². The lowest BCUT2D eigenvalue weighted by Crippen LogP contribution is -2.25. The molecule has 0 spiro atoms. The van der Waals surface area contributed by atoms with Crippen LogP contribution in [0.3, 0.4) is 0 Å². The van der Waals surface area contributed by atoms with Crippen LogP contribution in [0.4, 0.5) is 5.69 Å². The van der Waals surface area contributed by atoms with Crippen LogP contribution in [0.1, 0.15) is 18.2 Å². The molecular formula is C27H26ClN3O4. The van der Waals surface area contributed by atoms with E-state index in [0.29, 0.717) is 54.1 Å². The first-order valence-electron chi connectivity index (χ1n) is 11.4. The predicted octanol–water partition coefficient (Wildman–Crippen LogP) is 5.31. The first-order chi connectivity index (χ1) is 17.1. The van der Waals surface area contributed by atoms with Crippen molar-refractivity contribution < 1.29 is 19.0 Å². The van der Waals surface area contributed by atoms with Gasteiger partial charge in [0.05, 0.1) is 37.5 Å². The molecule has 1 fully saturated rings. The molecule has 0 radical (unpaired) electrons. The van der Waals surface area contributed by atoms with Crippen molar-refractivity contribution in [1.82, 2.24) is 9.55 Å². The second-order valence-electron chi connectivity index (χ2n) is 8.33. The molecule has 5 rings (SSSR count). The van der Waals surface area contributed by atoms with Gasteiger partial charge in [-0.15, -0.1) is 0 Å². The number of imidazole rings is 1. The van der Waals surface area contributed by atoms with Gasteiger partial charge in [-0.25, -0.2) is 4.98 Å². The lowest BCUT2D eigenvalue weighted by molar-refractivity contribution is -0.117. The predicted molar refractivity (Wildman–Crippen MR) is 136 cm³/mol. The summed E-state index contributed by atoms with van der Waals surface area (Å²) in [4.78, 5) is 19.7. The maximum atomic E-state index is 13.1. The van der Waals surface area contributed by atoms with Crippen molar-refractivity contribution in [1.29, 1.82) is 0 Å². The van der Waals surface area contributed by atoms with E-state index in [-0.39, 0.29) is 11.8 Å². The molecule has 0 bridgehead atoms. The second kappa shape index (κ2) is 9.88. The van der Waals surface area contributed by atoms with Gasteiger partial charge in [0.1, 0.15) is 18.2 Å². The number of para-hydroxylation sites is 4. The maximum absolute atomic E-state index is 13.1. The number of carbonyl (C=O) groups excluding carboxylic acids is 1. The van der Waals surface area contributed by atoms with Crippen LogP contribution in [-0.2, 0) is 11.3 Å². The fraction of sp³-hybridized carbons (Fsp3) is 0.259. The van der Waals surface area contributed by atoms with Crippen molar-refractivity contribution in [3.05, 3.63) is 77.6 Å². The zero-order chi connectivity index (χ0) is 24.4. The third kappa shape index (κ3) is 4.51. The van der Waals surface area contributed by atoms with Gasteiger partial charge < -0.3 is 23.7 Å². The fourth-order valence-corrected chi connectivity index (χ4v) is 4.78. The summed E-state index contributed by atoms with van der Waals surface area (Å²) in [6.07, 6.45) is 0.354. The normalized spacial score (nSPS) is 15.6. The standard InChI is InChI=1S/C27H26ClN3O4/c1-33-23-12-11-19(28)16-22(23)31-17-18(15-26(31)32)27-29-20-7-3-4-8-21(20)30(27)13-14-35-25-10-6-5-9-24(25)34-2/h3-12,16,18H,13-15,17H2,1-2H3/t18-/m1/s1. The van der Waals surface area contributed by atoms with Gasteiger partial charge in [0.25, 0.3) is 0 Å². The number of nitrogens with zero attached hydrogens (tertiary/aromatic N) is 3. The van der Waals surface area contributed by atoms with Gasteiger partial charge in [-0.1, -0.05) is 35.9 Å². The van der Waals surface area contributed by atoms with Crippen LogP contribution >= 0.6 is 11.6 Å². The SMILES string of the molecule is COc1ccccc1OCCn1c([C@@H]2CC(=O)N(c3cc(Cl)ccc3OC)C2)nc2ccccc21. The molecule has 1 atom stereocenters. The van der Waals surface area contributed by atoms with Crippen LogP contribution in [-0.4, -0.2) is 42.8 Å². The lowest BCUT2D eigenvalue weighted by atomic mass is 10.1. The number of aromatic nitrogens is 2. The first-order valence-corrected chi connectivity index (χ1v) is 11.8. The molecule has 35 heavy (non-hydrogen) atoms. The average molecular weight is 492 g/mol. The Morgan fingerprint density at radius 2 is 1.71 bits per heavy atom. The van der Waals surface area contributed by atoms with Gasteiger partial charge >= 0.3 is 0 Å². The maximum Gasteiger partial charge on any atom is 0.227 e. The number of rotatable bonds is 8. The van der Waals surface area contributed by atoms with Crippen molar-refractivity contribution in [2.45, 2.75) is 18.9 Å². The monoisotopic (exact) mass is 491 g/mol. The van der Waals surface area contributed by atoms with Gasteiger partial charge in [0.2, 0.25) is 5.91 Å². The number of benzene rings is 3. The fourth-order valence-electron chi connectivity index (χ4n) is 4.61. The zero-order valence-corrected chi connectivity index (χ0v) is 20.4. The molecule has 0 unspecified atom stereocenters. The van der Waals surface area contributed by atoms with E-state index in [4.69, 9.17) is 30.8 Å². The van der Waals surface area contributed by atoms with Crippen molar-refractivity contribution in [2.75, 3.05) is 32.3 Å². The van der Waals surface area contributed by atoms with Crippen molar-refractivity contribution in [3.63, 3.8) is 0 Å². The van der Waals surface area contributed by atoms with Crippen LogP contribution in [0, 0.1) is 0 Å². The molecule has 3 aromatic carbocycles. The molecule has 7 nitrogen and oxygen atoms in total. The minimum Gasteiger partial charge on any atom is -0.495 e. The summed E-state index contributed by atoms with van der Waals surface area (Å²) in [5.74, 6) is 2.80. The van der Waals surface area contributed by atoms with Crippen molar-refractivity contribution in [3.8, 4) is 17.2 Å². The Kier molecular flexibility index (Phi) is 6.51. The van der Waals surface area contributed by atoms with E-state index in [0.717, 1.165) is 16.9 Å². The van der Waals surface area contributed by atoms with E-state index in [9.17, 15) is 4.79 Å². The Bertz CT molecular complexity index is 1370. The van der Waals surface area contributed by atoms with Crippen molar-refractivity contribution in [2.24, 2.45) is 0 Å². The van der Waals surface area contributed by atoms with E-state index >= 15 is 0 Å². The molecule has 0 saturated carbocycles. The summed E-state index contributed by atoms with van der Waals surface area (Å²) in [6.45, 7) is 1.51. The number of methoxy groups -OCH3 is 2. The number of anilines is 1. The van der Waals surface area contributed by atoms with Gasteiger partial charge in [-0.3, -0.25) is 4.79 Å². The van der Waals surface area contributed by atoms with E-state index in [1.807, 2.05) is 48.5 Å². The van der Waals surface area contributed by atoms with E-state index in [1.54, 1.807) is 37.3 Å². The average Bonchev–Trinajstić information content (AvgIpc) is 3.44. The molecule has 1 aliphatic rings. The summed E-state index contributed by atoms with van der Waals surface area (Å²) < 4.78 is 19.1. The number of hydrogen-bond acceptors (Lipinski definition) is 5. The number of carbonyl (C=O) groups is 1.